The van der Waals surface area contributed by atoms with Gasteiger partial charge in [-0.05, 0) is 62.4 Å². The fourth-order valence-electron chi connectivity index (χ4n) is 5.30. The minimum atomic E-state index is 0.283. The number of aryl methyl sites for hydroxylation is 1. The molecule has 3 aromatic rings. The van der Waals surface area contributed by atoms with Crippen molar-refractivity contribution >= 4 is 28.9 Å². The van der Waals surface area contributed by atoms with Gasteiger partial charge in [0.2, 0.25) is 0 Å². The zero-order valence-electron chi connectivity index (χ0n) is 18.1. The van der Waals surface area contributed by atoms with Crippen molar-refractivity contribution in [3.8, 4) is 11.3 Å². The van der Waals surface area contributed by atoms with Crippen molar-refractivity contribution in [3.63, 3.8) is 0 Å². The van der Waals surface area contributed by atoms with Gasteiger partial charge in [0.1, 0.15) is 11.5 Å². The molecule has 1 saturated heterocycles. The summed E-state index contributed by atoms with van der Waals surface area (Å²) >= 11 is 12.9. The number of benzene rings is 2. The van der Waals surface area contributed by atoms with Crippen molar-refractivity contribution in [2.24, 2.45) is 5.41 Å². The molecule has 166 valence electrons. The van der Waals surface area contributed by atoms with Crippen LogP contribution in [0.5, 0.6) is 0 Å². The summed E-state index contributed by atoms with van der Waals surface area (Å²) in [6.07, 6.45) is 4.79. The van der Waals surface area contributed by atoms with E-state index in [1.54, 1.807) is 0 Å². The molecule has 1 aliphatic heterocycles. The van der Waals surface area contributed by atoms with E-state index < -0.39 is 0 Å². The minimum absolute atomic E-state index is 0.283. The van der Waals surface area contributed by atoms with Crippen molar-refractivity contribution in [2.75, 3.05) is 18.0 Å². The Balaban J connectivity index is 1.12. The van der Waals surface area contributed by atoms with Gasteiger partial charge >= 0.3 is 0 Å². The Kier molecular flexibility index (Phi) is 5.01. The summed E-state index contributed by atoms with van der Waals surface area (Å²) in [5, 5.41) is 5.54. The molecule has 4 nitrogen and oxygen atoms in total. The van der Waals surface area contributed by atoms with Crippen LogP contribution in [-0.4, -0.2) is 24.4 Å². The lowest BCUT2D eigenvalue weighted by molar-refractivity contribution is -0.0998. The number of rotatable bonds is 6. The number of nitrogens with zero attached hydrogens (tertiary/aromatic N) is 2. The van der Waals surface area contributed by atoms with E-state index in [0.717, 1.165) is 61.4 Å². The highest BCUT2D eigenvalue weighted by molar-refractivity contribution is 6.39. The molecule has 0 unspecified atom stereocenters. The Bertz CT molecular complexity index is 1140. The van der Waals surface area contributed by atoms with Crippen molar-refractivity contribution in [1.82, 2.24) is 5.16 Å². The van der Waals surface area contributed by atoms with Crippen molar-refractivity contribution in [3.05, 3.63) is 69.4 Å². The molecule has 2 saturated carbocycles. The fraction of sp³-hybridized carbons (Fsp3) is 0.423. The fourth-order valence-corrected chi connectivity index (χ4v) is 5.88. The molecule has 0 amide bonds. The monoisotopic (exact) mass is 468 g/mol. The van der Waals surface area contributed by atoms with E-state index in [9.17, 15) is 0 Å². The second-order valence-corrected chi connectivity index (χ2v) is 10.6. The van der Waals surface area contributed by atoms with Gasteiger partial charge in [0.05, 0.1) is 22.8 Å². The molecule has 0 bridgehead atoms. The summed E-state index contributed by atoms with van der Waals surface area (Å²) in [7, 11) is 0. The quantitative estimate of drug-likeness (QED) is 0.389. The zero-order valence-corrected chi connectivity index (χ0v) is 19.6. The van der Waals surface area contributed by atoms with Crippen LogP contribution < -0.4 is 4.90 Å². The Hall–Kier alpha value is -2.01. The van der Waals surface area contributed by atoms with Gasteiger partial charge in [0.25, 0.3) is 0 Å². The van der Waals surface area contributed by atoms with E-state index in [1.807, 2.05) is 18.2 Å². The molecule has 2 heterocycles. The van der Waals surface area contributed by atoms with E-state index in [4.69, 9.17) is 32.5 Å². The summed E-state index contributed by atoms with van der Waals surface area (Å²) in [6, 6.07) is 14.3. The number of hydrogen-bond donors (Lipinski definition) is 0. The number of ether oxygens (including phenoxy) is 1. The molecule has 6 rings (SSSR count). The highest BCUT2D eigenvalue weighted by atomic mass is 35.5. The third kappa shape index (κ3) is 3.63. The van der Waals surface area contributed by atoms with Crippen LogP contribution in [-0.2, 0) is 11.3 Å². The van der Waals surface area contributed by atoms with E-state index in [2.05, 4.69) is 41.2 Å². The predicted octanol–water partition coefficient (Wildman–Crippen LogP) is 7.02. The topological polar surface area (TPSA) is 38.5 Å². The molecule has 1 spiro atoms. The maximum absolute atomic E-state index is 6.47. The van der Waals surface area contributed by atoms with Crippen LogP contribution in [0.15, 0.2) is 47.0 Å². The normalized spacial score (nSPS) is 19.8. The standard InChI is InChI=1S/C26H26Cl2N2O2/c1-16-4-2-5-18(10-16)30-14-26(15-30)11-19(12-26)31-13-20-24(29-32-25(20)17-8-9-17)23-21(27)6-3-7-22(23)28/h2-7,10,17,19H,8-9,11-15H2,1H3. The number of aromatic nitrogens is 1. The van der Waals surface area contributed by atoms with Gasteiger partial charge in [-0.2, -0.15) is 0 Å². The second kappa shape index (κ2) is 7.79. The first kappa shape index (κ1) is 20.6. The van der Waals surface area contributed by atoms with Crippen molar-refractivity contribution in [1.29, 1.82) is 0 Å². The van der Waals surface area contributed by atoms with Gasteiger partial charge < -0.3 is 14.2 Å². The molecule has 0 atom stereocenters. The van der Waals surface area contributed by atoms with Crippen molar-refractivity contribution in [2.45, 2.75) is 51.2 Å². The molecular weight excluding hydrogens is 443 g/mol. The SMILES string of the molecule is Cc1cccc(N2CC3(CC(OCc4c(-c5c(Cl)cccc5Cl)noc4C4CC4)C3)C2)c1. The lowest BCUT2D eigenvalue weighted by Gasteiger charge is -2.59. The van der Waals surface area contributed by atoms with E-state index >= 15 is 0 Å². The summed E-state index contributed by atoms with van der Waals surface area (Å²) in [5.74, 6) is 1.39. The lowest BCUT2D eigenvalue weighted by Crippen LogP contribution is -2.64. The lowest BCUT2D eigenvalue weighted by atomic mass is 9.61. The molecule has 2 aliphatic carbocycles. The van der Waals surface area contributed by atoms with Gasteiger partial charge in [-0.3, -0.25) is 0 Å². The number of hydrogen-bond acceptors (Lipinski definition) is 4. The Morgan fingerprint density at radius 1 is 1.09 bits per heavy atom. The zero-order chi connectivity index (χ0) is 21.9. The summed E-state index contributed by atoms with van der Waals surface area (Å²) in [5.41, 5.74) is 5.54. The van der Waals surface area contributed by atoms with Crippen LogP contribution in [0.25, 0.3) is 11.3 Å². The molecule has 3 fully saturated rings. The first-order valence-electron chi connectivity index (χ1n) is 11.4. The Labute approximate surface area is 198 Å². The minimum Gasteiger partial charge on any atom is -0.373 e. The number of anilines is 1. The van der Waals surface area contributed by atoms with Crippen LogP contribution >= 0.6 is 23.2 Å². The average Bonchev–Trinajstić information content (AvgIpc) is 3.47. The van der Waals surface area contributed by atoms with Crippen LogP contribution in [0.1, 0.15) is 48.5 Å². The highest BCUT2D eigenvalue weighted by Crippen LogP contribution is 2.52. The van der Waals surface area contributed by atoms with E-state index in [-0.39, 0.29) is 6.10 Å². The maximum atomic E-state index is 6.47. The third-order valence-corrected chi connectivity index (χ3v) is 7.80. The molecule has 6 heteroatoms. The largest absolute Gasteiger partial charge is 0.373 e. The predicted molar refractivity (Wildman–Crippen MR) is 128 cm³/mol. The summed E-state index contributed by atoms with van der Waals surface area (Å²) < 4.78 is 12.1. The first-order chi connectivity index (χ1) is 15.5. The average molecular weight is 469 g/mol. The van der Waals surface area contributed by atoms with E-state index in [0.29, 0.717) is 28.0 Å². The molecule has 3 aliphatic rings. The molecule has 1 aromatic heterocycles. The first-order valence-corrected chi connectivity index (χ1v) is 12.1. The molecule has 32 heavy (non-hydrogen) atoms. The van der Waals surface area contributed by atoms with Crippen LogP contribution in [0.3, 0.4) is 0 Å². The molecule has 0 N–H and O–H groups in total. The summed E-state index contributed by atoms with van der Waals surface area (Å²) in [6.45, 7) is 4.89. The van der Waals surface area contributed by atoms with Crippen LogP contribution in [0, 0.1) is 12.3 Å². The Morgan fingerprint density at radius 2 is 1.81 bits per heavy atom. The van der Waals surface area contributed by atoms with E-state index in [1.165, 1.54) is 11.3 Å². The van der Waals surface area contributed by atoms with Gasteiger partial charge in [-0.25, -0.2) is 0 Å². The van der Waals surface area contributed by atoms with Crippen molar-refractivity contribution < 1.29 is 9.26 Å². The third-order valence-electron chi connectivity index (χ3n) is 7.17. The number of halogens is 2. The van der Waals surface area contributed by atoms with Crippen LogP contribution in [0.4, 0.5) is 5.69 Å². The Morgan fingerprint density at radius 3 is 2.50 bits per heavy atom. The maximum Gasteiger partial charge on any atom is 0.145 e. The van der Waals surface area contributed by atoms with Gasteiger partial charge in [0.15, 0.2) is 0 Å². The highest BCUT2D eigenvalue weighted by Gasteiger charge is 2.53. The smallest absolute Gasteiger partial charge is 0.145 e. The molecule has 2 aromatic carbocycles. The van der Waals surface area contributed by atoms with Gasteiger partial charge in [-0.1, -0.05) is 46.6 Å². The second-order valence-electron chi connectivity index (χ2n) is 9.78. The van der Waals surface area contributed by atoms with Gasteiger partial charge in [-0.15, -0.1) is 0 Å². The molecular formula is C26H26Cl2N2O2. The summed E-state index contributed by atoms with van der Waals surface area (Å²) in [4.78, 5) is 2.48. The van der Waals surface area contributed by atoms with Crippen LogP contribution in [0.2, 0.25) is 10.0 Å². The molecule has 0 radical (unpaired) electrons. The van der Waals surface area contributed by atoms with Gasteiger partial charge in [0, 0.05) is 41.2 Å².